The minimum Gasteiger partial charge on any atom is -0.296 e. The summed E-state index contributed by atoms with van der Waals surface area (Å²) in [6, 6.07) is 0. The van der Waals surface area contributed by atoms with Crippen LogP contribution < -0.4 is 0 Å². The first-order valence-corrected chi connectivity index (χ1v) is 6.38. The van der Waals surface area contributed by atoms with Gasteiger partial charge >= 0.3 is 0 Å². The van der Waals surface area contributed by atoms with E-state index < -0.39 is 4.33 Å². The quantitative estimate of drug-likeness (QED) is 0.466. The van der Waals surface area contributed by atoms with Crippen molar-refractivity contribution in [3.8, 4) is 0 Å². The number of halogens is 2. The number of allylic oxidation sites excluding steroid dienone is 2. The molecule has 0 aromatic rings. The first-order chi connectivity index (χ1) is 7.03. The molecular weight excluding hydrogens is 231 g/mol. The van der Waals surface area contributed by atoms with Crippen LogP contribution in [0.2, 0.25) is 0 Å². The Labute approximate surface area is 101 Å². The zero-order chi connectivity index (χ0) is 11.1. The first-order valence-electron chi connectivity index (χ1n) is 5.63. The van der Waals surface area contributed by atoms with Crippen molar-refractivity contribution in [2.75, 3.05) is 0 Å². The lowest BCUT2D eigenvalue weighted by atomic mass is 9.80. The highest BCUT2D eigenvalue weighted by atomic mass is 35.5. The van der Waals surface area contributed by atoms with Crippen LogP contribution in [0, 0.1) is 5.92 Å². The largest absolute Gasteiger partial charge is 0.296 e. The van der Waals surface area contributed by atoms with Crippen LogP contribution in [0.25, 0.3) is 0 Å². The van der Waals surface area contributed by atoms with Gasteiger partial charge in [0.05, 0.1) is 0 Å². The fourth-order valence-electron chi connectivity index (χ4n) is 2.75. The van der Waals surface area contributed by atoms with E-state index in [-0.39, 0.29) is 11.7 Å². The molecule has 84 valence electrons. The van der Waals surface area contributed by atoms with E-state index in [9.17, 15) is 4.79 Å². The summed E-state index contributed by atoms with van der Waals surface area (Å²) in [5, 5.41) is 0. The Morgan fingerprint density at radius 1 is 1.20 bits per heavy atom. The van der Waals surface area contributed by atoms with Gasteiger partial charge in [-0.2, -0.15) is 0 Å². The monoisotopic (exact) mass is 246 g/mol. The van der Waals surface area contributed by atoms with E-state index in [0.717, 1.165) is 25.7 Å². The molecule has 1 saturated carbocycles. The Morgan fingerprint density at radius 3 is 2.67 bits per heavy atom. The van der Waals surface area contributed by atoms with Crippen LogP contribution in [-0.4, -0.2) is 10.1 Å². The fraction of sp³-hybridized carbons (Fsp3) is 0.750. The summed E-state index contributed by atoms with van der Waals surface area (Å²) in [5.41, 5.74) is 2.70. The molecule has 1 atom stereocenters. The highest BCUT2D eigenvalue weighted by Gasteiger charge is 2.45. The molecule has 0 spiro atoms. The van der Waals surface area contributed by atoms with Crippen LogP contribution in [-0.2, 0) is 4.79 Å². The van der Waals surface area contributed by atoms with Crippen LogP contribution >= 0.6 is 23.2 Å². The summed E-state index contributed by atoms with van der Waals surface area (Å²) < 4.78 is -1.16. The number of ketones is 1. The molecule has 2 aliphatic rings. The van der Waals surface area contributed by atoms with Gasteiger partial charge in [0.2, 0.25) is 0 Å². The van der Waals surface area contributed by atoms with E-state index in [1.807, 2.05) is 0 Å². The molecule has 1 nitrogen and oxygen atoms in total. The number of hydrogen-bond acceptors (Lipinski definition) is 1. The van der Waals surface area contributed by atoms with E-state index in [4.69, 9.17) is 23.2 Å². The Bertz CT molecular complexity index is 318. The number of rotatable bonds is 0. The maximum Gasteiger partial charge on any atom is 0.182 e. The summed E-state index contributed by atoms with van der Waals surface area (Å²) in [4.78, 5) is 11.8. The third kappa shape index (κ3) is 1.97. The standard InChI is InChI=1S/C12H16Cl2O/c1-8-6-7-11(15)12(13,14)10-5-3-2-4-9(8)10/h10H,2-7H2,1H3. The molecule has 0 aromatic heterocycles. The second-order valence-electron chi connectivity index (χ2n) is 4.65. The molecule has 1 unspecified atom stereocenters. The molecule has 0 saturated heterocycles. The molecule has 0 aromatic carbocycles. The van der Waals surface area contributed by atoms with Gasteiger partial charge in [-0.1, -0.05) is 40.8 Å². The summed E-state index contributed by atoms with van der Waals surface area (Å²) in [6.45, 7) is 2.12. The summed E-state index contributed by atoms with van der Waals surface area (Å²) >= 11 is 12.5. The predicted octanol–water partition coefficient (Wildman–Crippen LogP) is 4.03. The molecule has 2 aliphatic carbocycles. The lowest BCUT2D eigenvalue weighted by molar-refractivity contribution is -0.120. The maximum atomic E-state index is 11.8. The molecule has 0 bridgehead atoms. The van der Waals surface area contributed by atoms with Crippen molar-refractivity contribution >= 4 is 29.0 Å². The Balaban J connectivity index is 2.40. The number of fused-ring (bicyclic) bond motifs is 1. The van der Waals surface area contributed by atoms with Gasteiger partial charge in [0.25, 0.3) is 0 Å². The minimum absolute atomic E-state index is 0.00656. The third-order valence-corrected chi connectivity index (χ3v) is 4.64. The average Bonchev–Trinajstić information content (AvgIpc) is 2.31. The average molecular weight is 247 g/mol. The van der Waals surface area contributed by atoms with Gasteiger partial charge in [0.1, 0.15) is 0 Å². The molecule has 0 aliphatic heterocycles. The van der Waals surface area contributed by atoms with Gasteiger partial charge in [0.15, 0.2) is 10.1 Å². The second-order valence-corrected chi connectivity index (χ2v) is 6.04. The number of alkyl halides is 2. The van der Waals surface area contributed by atoms with Gasteiger partial charge < -0.3 is 0 Å². The van der Waals surface area contributed by atoms with Crippen molar-refractivity contribution in [1.82, 2.24) is 0 Å². The Hall–Kier alpha value is -0.0100. The van der Waals surface area contributed by atoms with E-state index in [2.05, 4.69) is 6.92 Å². The number of hydrogen-bond donors (Lipinski definition) is 0. The summed E-state index contributed by atoms with van der Waals surface area (Å²) in [7, 11) is 0. The SMILES string of the molecule is CC1=C2CCCCC2C(Cl)(Cl)C(=O)CC1. The van der Waals surface area contributed by atoms with Crippen LogP contribution in [0.4, 0.5) is 0 Å². The Morgan fingerprint density at radius 2 is 1.93 bits per heavy atom. The first kappa shape index (κ1) is 11.5. The minimum atomic E-state index is -1.16. The molecule has 0 N–H and O–H groups in total. The number of Topliss-reactive ketones (excluding diaryl/α,β-unsaturated/α-hetero) is 1. The van der Waals surface area contributed by atoms with Crippen LogP contribution in [0.1, 0.15) is 45.4 Å². The van der Waals surface area contributed by atoms with Crippen molar-refractivity contribution in [1.29, 1.82) is 0 Å². The Kier molecular flexibility index (Phi) is 3.14. The topological polar surface area (TPSA) is 17.1 Å². The smallest absolute Gasteiger partial charge is 0.182 e. The summed E-state index contributed by atoms with van der Waals surface area (Å²) in [5.74, 6) is 0.0802. The molecular formula is C12H16Cl2O. The highest BCUT2D eigenvalue weighted by Crippen LogP contribution is 2.47. The zero-order valence-corrected chi connectivity index (χ0v) is 10.5. The molecule has 0 amide bonds. The lowest BCUT2D eigenvalue weighted by Gasteiger charge is -2.33. The predicted molar refractivity (Wildman–Crippen MR) is 63.3 cm³/mol. The van der Waals surface area contributed by atoms with E-state index in [1.165, 1.54) is 17.6 Å². The van der Waals surface area contributed by atoms with E-state index in [1.54, 1.807) is 0 Å². The lowest BCUT2D eigenvalue weighted by Crippen LogP contribution is -2.36. The molecule has 2 rings (SSSR count). The van der Waals surface area contributed by atoms with Crippen molar-refractivity contribution in [3.63, 3.8) is 0 Å². The zero-order valence-electron chi connectivity index (χ0n) is 8.98. The normalized spacial score (nSPS) is 31.1. The van der Waals surface area contributed by atoms with Crippen LogP contribution in [0.15, 0.2) is 11.1 Å². The van der Waals surface area contributed by atoms with Gasteiger partial charge in [-0.15, -0.1) is 0 Å². The molecule has 0 radical (unpaired) electrons. The van der Waals surface area contributed by atoms with Gasteiger partial charge in [-0.05, 0) is 32.6 Å². The van der Waals surface area contributed by atoms with Crippen LogP contribution in [0.5, 0.6) is 0 Å². The van der Waals surface area contributed by atoms with Crippen LogP contribution in [0.3, 0.4) is 0 Å². The molecule has 1 fully saturated rings. The number of carbonyl (C=O) groups excluding carboxylic acids is 1. The van der Waals surface area contributed by atoms with Crippen molar-refractivity contribution < 1.29 is 4.79 Å². The molecule has 0 heterocycles. The second kappa shape index (κ2) is 4.10. The van der Waals surface area contributed by atoms with Crippen molar-refractivity contribution in [2.45, 2.75) is 49.8 Å². The highest BCUT2D eigenvalue weighted by molar-refractivity contribution is 6.58. The van der Waals surface area contributed by atoms with Gasteiger partial charge in [0, 0.05) is 12.3 Å². The summed E-state index contributed by atoms with van der Waals surface area (Å²) in [6.07, 6.45) is 5.72. The van der Waals surface area contributed by atoms with E-state index >= 15 is 0 Å². The van der Waals surface area contributed by atoms with E-state index in [0.29, 0.717) is 6.42 Å². The third-order valence-electron chi connectivity index (χ3n) is 3.69. The molecule has 3 heteroatoms. The van der Waals surface area contributed by atoms with Crippen molar-refractivity contribution in [3.05, 3.63) is 11.1 Å². The fourth-order valence-corrected chi connectivity index (χ4v) is 3.42. The van der Waals surface area contributed by atoms with Gasteiger partial charge in [-0.3, -0.25) is 4.79 Å². The van der Waals surface area contributed by atoms with Gasteiger partial charge in [-0.25, -0.2) is 0 Å². The van der Waals surface area contributed by atoms with Crippen molar-refractivity contribution in [2.24, 2.45) is 5.92 Å². The number of carbonyl (C=O) groups is 1. The maximum absolute atomic E-state index is 11.8. The molecule has 15 heavy (non-hydrogen) atoms.